The normalized spacial score (nSPS) is 16.9. The van der Waals surface area contributed by atoms with Gasteiger partial charge in [-0.1, -0.05) is 25.5 Å². The summed E-state index contributed by atoms with van der Waals surface area (Å²) in [5.74, 6) is -1.12. The molecule has 1 heterocycles. The van der Waals surface area contributed by atoms with E-state index in [0.29, 0.717) is 5.57 Å². The van der Waals surface area contributed by atoms with E-state index in [0.717, 1.165) is 12.8 Å². The van der Waals surface area contributed by atoms with E-state index in [1.807, 2.05) is 13.0 Å². The molecule has 0 aromatic rings. The zero-order valence-corrected chi connectivity index (χ0v) is 6.87. The van der Waals surface area contributed by atoms with Gasteiger partial charge in [0.1, 0.15) is 0 Å². The number of hydrogen-bond donors (Lipinski definition) is 0. The number of unbranched alkanes of at least 4 members (excludes halogenated alkanes) is 1. The van der Waals surface area contributed by atoms with E-state index >= 15 is 0 Å². The lowest BCUT2D eigenvalue weighted by atomic mass is 10.2. The van der Waals surface area contributed by atoms with Gasteiger partial charge in [0, 0.05) is 6.08 Å². The topological polar surface area (TPSA) is 43.4 Å². The molecule has 0 amide bonds. The minimum Gasteiger partial charge on any atom is -0.386 e. The van der Waals surface area contributed by atoms with Gasteiger partial charge in [-0.05, 0) is 6.42 Å². The van der Waals surface area contributed by atoms with Crippen LogP contribution in [0, 0.1) is 0 Å². The first-order valence-corrected chi connectivity index (χ1v) is 3.88. The number of ether oxygens (including phenoxy) is 1. The van der Waals surface area contributed by atoms with Gasteiger partial charge < -0.3 is 4.74 Å². The van der Waals surface area contributed by atoms with Crippen LogP contribution in [0.5, 0.6) is 0 Å². The molecule has 64 valence electrons. The largest absolute Gasteiger partial charge is 0.386 e. The lowest BCUT2D eigenvalue weighted by Crippen LogP contribution is -2.00. The van der Waals surface area contributed by atoms with Crippen molar-refractivity contribution < 1.29 is 14.3 Å². The molecular weight excluding hydrogens is 156 g/mol. The highest BCUT2D eigenvalue weighted by Crippen LogP contribution is 2.09. The number of esters is 2. The van der Waals surface area contributed by atoms with Crippen LogP contribution >= 0.6 is 0 Å². The summed E-state index contributed by atoms with van der Waals surface area (Å²) in [5, 5.41) is 0. The summed E-state index contributed by atoms with van der Waals surface area (Å²) in [5.41, 5.74) is 0.341. The van der Waals surface area contributed by atoms with Crippen LogP contribution in [-0.4, -0.2) is 11.9 Å². The fourth-order valence-electron chi connectivity index (χ4n) is 0.859. The summed E-state index contributed by atoms with van der Waals surface area (Å²) in [6.07, 6.45) is 6.60. The minimum atomic E-state index is -0.573. The van der Waals surface area contributed by atoms with Crippen LogP contribution in [0.25, 0.3) is 0 Å². The predicted molar refractivity (Wildman–Crippen MR) is 43.2 cm³/mol. The van der Waals surface area contributed by atoms with E-state index in [2.05, 4.69) is 4.74 Å². The fraction of sp³-hybridized carbons (Fsp3) is 0.333. The van der Waals surface area contributed by atoms with Gasteiger partial charge in [-0.25, -0.2) is 9.59 Å². The highest BCUT2D eigenvalue weighted by Gasteiger charge is 2.20. The molecule has 12 heavy (non-hydrogen) atoms. The molecule has 0 aliphatic carbocycles. The molecule has 0 spiro atoms. The van der Waals surface area contributed by atoms with Gasteiger partial charge >= 0.3 is 11.9 Å². The van der Waals surface area contributed by atoms with Crippen molar-refractivity contribution in [3.8, 4) is 0 Å². The smallest absolute Gasteiger partial charge is 0.346 e. The van der Waals surface area contributed by atoms with Gasteiger partial charge in [0.05, 0.1) is 5.57 Å². The molecule has 0 unspecified atom stereocenters. The Morgan fingerprint density at radius 2 is 2.25 bits per heavy atom. The Balaban J connectivity index is 2.57. The third-order valence-corrected chi connectivity index (χ3v) is 1.46. The fourth-order valence-corrected chi connectivity index (χ4v) is 0.859. The Kier molecular flexibility index (Phi) is 2.80. The maximum Gasteiger partial charge on any atom is 0.346 e. The molecule has 0 saturated heterocycles. The van der Waals surface area contributed by atoms with Crippen molar-refractivity contribution in [1.82, 2.24) is 0 Å². The molecular formula is C9H10O3. The van der Waals surface area contributed by atoms with Crippen LogP contribution in [0.3, 0.4) is 0 Å². The average Bonchev–Trinajstić information content (AvgIpc) is 2.31. The second-order valence-electron chi connectivity index (χ2n) is 2.50. The van der Waals surface area contributed by atoms with Crippen molar-refractivity contribution in [2.45, 2.75) is 19.8 Å². The molecule has 1 aliphatic rings. The molecule has 0 atom stereocenters. The first-order valence-electron chi connectivity index (χ1n) is 3.88. The van der Waals surface area contributed by atoms with Crippen molar-refractivity contribution in [2.24, 2.45) is 0 Å². The molecule has 0 bridgehead atoms. The predicted octanol–water partition coefficient (Wildman–Crippen LogP) is 1.35. The quantitative estimate of drug-likeness (QED) is 0.469. The number of carbonyl (C=O) groups is 2. The molecule has 3 nitrogen and oxygen atoms in total. The number of allylic oxidation sites excluding steroid dienone is 1. The standard InChI is InChI=1S/C9H10O3/c1-2-3-4-5-7-6-8(10)12-9(7)11/h4-6H,2-3H2,1H3. The van der Waals surface area contributed by atoms with Gasteiger partial charge in [-0.3, -0.25) is 0 Å². The Bertz CT molecular complexity index is 261. The Morgan fingerprint density at radius 1 is 1.50 bits per heavy atom. The first-order chi connectivity index (χ1) is 5.74. The van der Waals surface area contributed by atoms with Crippen LogP contribution in [0.2, 0.25) is 0 Å². The summed E-state index contributed by atoms with van der Waals surface area (Å²) < 4.78 is 4.28. The molecule has 0 aromatic heterocycles. The Hall–Kier alpha value is -1.38. The third kappa shape index (κ3) is 2.05. The van der Waals surface area contributed by atoms with Gasteiger partial charge in [0.15, 0.2) is 0 Å². The molecule has 0 saturated carbocycles. The molecule has 0 aromatic carbocycles. The molecule has 1 aliphatic heterocycles. The lowest BCUT2D eigenvalue weighted by molar-refractivity contribution is -0.150. The van der Waals surface area contributed by atoms with E-state index in [4.69, 9.17) is 0 Å². The van der Waals surface area contributed by atoms with Crippen molar-refractivity contribution in [2.75, 3.05) is 0 Å². The zero-order valence-electron chi connectivity index (χ0n) is 6.87. The van der Waals surface area contributed by atoms with E-state index in [1.54, 1.807) is 6.08 Å². The number of cyclic esters (lactones) is 2. The van der Waals surface area contributed by atoms with E-state index in [9.17, 15) is 9.59 Å². The maximum absolute atomic E-state index is 10.8. The number of carbonyl (C=O) groups excluding carboxylic acids is 2. The van der Waals surface area contributed by atoms with Crippen molar-refractivity contribution in [3.63, 3.8) is 0 Å². The van der Waals surface area contributed by atoms with Crippen molar-refractivity contribution in [1.29, 1.82) is 0 Å². The molecule has 0 N–H and O–H groups in total. The summed E-state index contributed by atoms with van der Waals surface area (Å²) in [6.45, 7) is 2.04. The maximum atomic E-state index is 10.8. The van der Waals surface area contributed by atoms with Crippen LogP contribution in [0.1, 0.15) is 19.8 Å². The monoisotopic (exact) mass is 166 g/mol. The Labute approximate surface area is 70.7 Å². The van der Waals surface area contributed by atoms with Crippen LogP contribution in [-0.2, 0) is 14.3 Å². The highest BCUT2D eigenvalue weighted by molar-refractivity contribution is 6.10. The lowest BCUT2D eigenvalue weighted by Gasteiger charge is -1.88. The van der Waals surface area contributed by atoms with Gasteiger partial charge in [-0.15, -0.1) is 0 Å². The second-order valence-corrected chi connectivity index (χ2v) is 2.50. The molecule has 0 fully saturated rings. The second kappa shape index (κ2) is 3.85. The number of rotatable bonds is 3. The van der Waals surface area contributed by atoms with Crippen LogP contribution in [0.15, 0.2) is 23.8 Å². The summed E-state index contributed by atoms with van der Waals surface area (Å²) in [4.78, 5) is 21.4. The SMILES string of the molecule is CCCC=CC1=CC(=O)OC1=O. The number of hydrogen-bond acceptors (Lipinski definition) is 3. The Morgan fingerprint density at radius 3 is 2.75 bits per heavy atom. The summed E-state index contributed by atoms with van der Waals surface area (Å²) in [6, 6.07) is 0. The molecule has 3 heteroatoms. The zero-order chi connectivity index (χ0) is 8.97. The van der Waals surface area contributed by atoms with Crippen molar-refractivity contribution in [3.05, 3.63) is 23.8 Å². The highest BCUT2D eigenvalue weighted by atomic mass is 16.6. The average molecular weight is 166 g/mol. The van der Waals surface area contributed by atoms with Crippen LogP contribution < -0.4 is 0 Å². The first kappa shape index (κ1) is 8.71. The third-order valence-electron chi connectivity index (χ3n) is 1.46. The summed E-state index contributed by atoms with van der Waals surface area (Å²) >= 11 is 0. The molecule has 1 rings (SSSR count). The van der Waals surface area contributed by atoms with Crippen LogP contribution in [0.4, 0.5) is 0 Å². The van der Waals surface area contributed by atoms with E-state index in [1.165, 1.54) is 6.08 Å². The van der Waals surface area contributed by atoms with E-state index < -0.39 is 11.9 Å². The van der Waals surface area contributed by atoms with E-state index in [-0.39, 0.29) is 0 Å². The molecule has 0 radical (unpaired) electrons. The summed E-state index contributed by atoms with van der Waals surface area (Å²) in [7, 11) is 0. The minimum absolute atomic E-state index is 0.341. The van der Waals surface area contributed by atoms with Crippen molar-refractivity contribution >= 4 is 11.9 Å². The van der Waals surface area contributed by atoms with Gasteiger partial charge in [-0.2, -0.15) is 0 Å². The van der Waals surface area contributed by atoms with Gasteiger partial charge in [0.2, 0.25) is 0 Å². The van der Waals surface area contributed by atoms with Gasteiger partial charge in [0.25, 0.3) is 0 Å².